The molecule has 1 heterocycles. The van der Waals surface area contributed by atoms with E-state index in [1.165, 1.54) is 6.33 Å². The molecule has 0 spiro atoms. The normalized spacial score (nSPS) is 10.3. The van der Waals surface area contributed by atoms with Crippen LogP contribution in [-0.4, -0.2) is 22.3 Å². The first-order chi connectivity index (χ1) is 8.15. The topological polar surface area (TPSA) is 73.9 Å². The Labute approximate surface area is 99.7 Å². The number of nitrogen functional groups attached to an aromatic ring is 1. The zero-order chi connectivity index (χ0) is 12.4. The highest BCUT2D eigenvalue weighted by molar-refractivity contribution is 5.73. The second-order valence-electron chi connectivity index (χ2n) is 3.76. The number of nitrogens with zero attached hydrogens (tertiary/aromatic N) is 3. The number of nitrogens with two attached hydrogens (primary N) is 1. The molecule has 0 aliphatic carbocycles. The fourth-order valence-electron chi connectivity index (χ4n) is 1.75. The molecule has 5 heteroatoms. The molecule has 0 aliphatic heterocycles. The molecular formula is C12H14N4O. The van der Waals surface area contributed by atoms with Crippen molar-refractivity contribution in [3.05, 3.63) is 29.6 Å². The van der Waals surface area contributed by atoms with E-state index >= 15 is 0 Å². The Morgan fingerprint density at radius 1 is 1.18 bits per heavy atom. The number of methoxy groups -OCH3 is 1. The third-order valence-electron chi connectivity index (χ3n) is 2.86. The predicted octanol–water partition coefficient (Wildman–Crippen LogP) is 1.75. The lowest BCUT2D eigenvalue weighted by molar-refractivity contribution is 0.411. The van der Waals surface area contributed by atoms with Gasteiger partial charge in [0.05, 0.1) is 7.11 Å². The number of anilines is 1. The highest BCUT2D eigenvalue weighted by Crippen LogP contribution is 2.31. The maximum absolute atomic E-state index is 5.80. The summed E-state index contributed by atoms with van der Waals surface area (Å²) in [5, 5.41) is 7.79. The lowest BCUT2D eigenvalue weighted by atomic mass is 10.00. The minimum Gasteiger partial charge on any atom is -0.496 e. The number of ether oxygens (including phenoxy) is 1. The van der Waals surface area contributed by atoms with Gasteiger partial charge in [0, 0.05) is 5.56 Å². The summed E-state index contributed by atoms with van der Waals surface area (Å²) in [6, 6.07) is 3.81. The number of benzene rings is 1. The highest BCUT2D eigenvalue weighted by atomic mass is 16.5. The van der Waals surface area contributed by atoms with Crippen molar-refractivity contribution in [3.8, 4) is 17.0 Å². The first-order valence-corrected chi connectivity index (χ1v) is 5.23. The first-order valence-electron chi connectivity index (χ1n) is 5.23. The molecule has 1 aromatic carbocycles. The van der Waals surface area contributed by atoms with E-state index in [9.17, 15) is 0 Å². The molecular weight excluding hydrogens is 216 g/mol. The summed E-state index contributed by atoms with van der Waals surface area (Å²) >= 11 is 0. The molecule has 0 saturated heterocycles. The van der Waals surface area contributed by atoms with Gasteiger partial charge in [0.15, 0.2) is 5.82 Å². The van der Waals surface area contributed by atoms with Crippen LogP contribution in [0.2, 0.25) is 0 Å². The highest BCUT2D eigenvalue weighted by Gasteiger charge is 2.12. The third-order valence-corrected chi connectivity index (χ3v) is 2.86. The minimum absolute atomic E-state index is 0.382. The zero-order valence-electron chi connectivity index (χ0n) is 10.1. The van der Waals surface area contributed by atoms with Gasteiger partial charge in [-0.2, -0.15) is 0 Å². The van der Waals surface area contributed by atoms with Crippen LogP contribution in [0, 0.1) is 13.8 Å². The van der Waals surface area contributed by atoms with Gasteiger partial charge in [0.2, 0.25) is 0 Å². The summed E-state index contributed by atoms with van der Waals surface area (Å²) in [6.07, 6.45) is 1.34. The molecule has 0 fully saturated rings. The molecule has 0 bridgehead atoms. The average molecular weight is 230 g/mol. The number of rotatable bonds is 2. The van der Waals surface area contributed by atoms with Crippen LogP contribution < -0.4 is 10.5 Å². The molecule has 0 saturated carbocycles. The van der Waals surface area contributed by atoms with E-state index < -0.39 is 0 Å². The second-order valence-corrected chi connectivity index (χ2v) is 3.76. The molecule has 0 amide bonds. The molecule has 0 radical (unpaired) electrons. The fourth-order valence-corrected chi connectivity index (χ4v) is 1.75. The van der Waals surface area contributed by atoms with Crippen molar-refractivity contribution < 1.29 is 4.74 Å². The van der Waals surface area contributed by atoms with Crippen LogP contribution in [0.25, 0.3) is 11.3 Å². The van der Waals surface area contributed by atoms with Gasteiger partial charge < -0.3 is 10.5 Å². The lowest BCUT2D eigenvalue weighted by Gasteiger charge is -2.12. The van der Waals surface area contributed by atoms with Gasteiger partial charge in [-0.25, -0.2) is 4.98 Å². The number of hydrogen-bond acceptors (Lipinski definition) is 5. The summed E-state index contributed by atoms with van der Waals surface area (Å²) in [7, 11) is 1.65. The maximum atomic E-state index is 5.80. The fraction of sp³-hybridized carbons (Fsp3) is 0.250. The van der Waals surface area contributed by atoms with E-state index in [1.54, 1.807) is 7.11 Å². The quantitative estimate of drug-likeness (QED) is 0.850. The number of hydrogen-bond donors (Lipinski definition) is 1. The Morgan fingerprint density at radius 2 is 1.94 bits per heavy atom. The maximum Gasteiger partial charge on any atom is 0.153 e. The van der Waals surface area contributed by atoms with Gasteiger partial charge in [-0.1, -0.05) is 0 Å². The van der Waals surface area contributed by atoms with E-state index in [4.69, 9.17) is 10.5 Å². The van der Waals surface area contributed by atoms with Gasteiger partial charge in [0.25, 0.3) is 0 Å². The van der Waals surface area contributed by atoms with Crippen LogP contribution in [0.5, 0.6) is 5.75 Å². The van der Waals surface area contributed by atoms with Crippen molar-refractivity contribution in [1.29, 1.82) is 0 Å². The van der Waals surface area contributed by atoms with Crippen molar-refractivity contribution in [2.45, 2.75) is 13.8 Å². The van der Waals surface area contributed by atoms with Gasteiger partial charge in [-0.05, 0) is 37.1 Å². The molecule has 2 N–H and O–H groups in total. The van der Waals surface area contributed by atoms with Crippen molar-refractivity contribution in [1.82, 2.24) is 15.2 Å². The Hall–Kier alpha value is -2.17. The van der Waals surface area contributed by atoms with Crippen LogP contribution in [-0.2, 0) is 0 Å². The largest absolute Gasteiger partial charge is 0.496 e. The van der Waals surface area contributed by atoms with E-state index in [0.29, 0.717) is 11.5 Å². The van der Waals surface area contributed by atoms with Crippen LogP contribution in [0.15, 0.2) is 18.5 Å². The SMILES string of the molecule is COc1ccc(-c2nncnc2N)c(C)c1C. The van der Waals surface area contributed by atoms with Crippen molar-refractivity contribution >= 4 is 5.82 Å². The van der Waals surface area contributed by atoms with Gasteiger partial charge >= 0.3 is 0 Å². The Kier molecular flexibility index (Phi) is 2.91. The van der Waals surface area contributed by atoms with Crippen LogP contribution >= 0.6 is 0 Å². The summed E-state index contributed by atoms with van der Waals surface area (Å²) < 4.78 is 5.26. The summed E-state index contributed by atoms with van der Waals surface area (Å²) in [4.78, 5) is 3.94. The van der Waals surface area contributed by atoms with E-state index in [-0.39, 0.29) is 0 Å². The molecule has 88 valence electrons. The average Bonchev–Trinajstić information content (AvgIpc) is 2.34. The Morgan fingerprint density at radius 3 is 2.59 bits per heavy atom. The third kappa shape index (κ3) is 1.91. The van der Waals surface area contributed by atoms with Crippen molar-refractivity contribution in [3.63, 3.8) is 0 Å². The van der Waals surface area contributed by atoms with Gasteiger partial charge in [-0.3, -0.25) is 0 Å². The first kappa shape index (κ1) is 11.3. The van der Waals surface area contributed by atoms with Crippen LogP contribution in [0.3, 0.4) is 0 Å². The lowest BCUT2D eigenvalue weighted by Crippen LogP contribution is -2.01. The molecule has 0 unspecified atom stereocenters. The number of aromatic nitrogens is 3. The standard InChI is InChI=1S/C12H14N4O/c1-7-8(2)10(17-3)5-4-9(7)11-12(13)14-6-15-16-11/h4-6H,1-3H3,(H2,13,14,15). The van der Waals surface area contributed by atoms with E-state index in [1.807, 2.05) is 26.0 Å². The molecule has 17 heavy (non-hydrogen) atoms. The molecule has 2 aromatic rings. The van der Waals surface area contributed by atoms with E-state index in [2.05, 4.69) is 15.2 Å². The van der Waals surface area contributed by atoms with E-state index in [0.717, 1.165) is 22.4 Å². The van der Waals surface area contributed by atoms with Crippen LogP contribution in [0.1, 0.15) is 11.1 Å². The minimum atomic E-state index is 0.382. The molecule has 5 nitrogen and oxygen atoms in total. The molecule has 0 atom stereocenters. The molecule has 1 aromatic heterocycles. The summed E-state index contributed by atoms with van der Waals surface area (Å²) in [5.74, 6) is 1.23. The van der Waals surface area contributed by atoms with Gasteiger partial charge in [-0.15, -0.1) is 10.2 Å². The molecule has 2 rings (SSSR count). The molecule has 0 aliphatic rings. The predicted molar refractivity (Wildman–Crippen MR) is 65.7 cm³/mol. The second kappa shape index (κ2) is 4.37. The summed E-state index contributed by atoms with van der Waals surface area (Å²) in [5.41, 5.74) is 9.47. The van der Waals surface area contributed by atoms with Crippen molar-refractivity contribution in [2.75, 3.05) is 12.8 Å². The van der Waals surface area contributed by atoms with Crippen LogP contribution in [0.4, 0.5) is 5.82 Å². The Balaban J connectivity index is 2.62. The zero-order valence-corrected chi connectivity index (χ0v) is 10.1. The summed E-state index contributed by atoms with van der Waals surface area (Å²) in [6.45, 7) is 4.00. The smallest absolute Gasteiger partial charge is 0.153 e. The monoisotopic (exact) mass is 230 g/mol. The Bertz CT molecular complexity index is 554. The van der Waals surface area contributed by atoms with Gasteiger partial charge in [0.1, 0.15) is 17.8 Å². The van der Waals surface area contributed by atoms with Crippen molar-refractivity contribution in [2.24, 2.45) is 0 Å².